The molecule has 2 aromatic carbocycles. The van der Waals surface area contributed by atoms with Gasteiger partial charge in [-0.25, -0.2) is 0 Å². The number of aliphatic hydroxyl groups excluding tert-OH is 1. The van der Waals surface area contributed by atoms with Crippen LogP contribution < -0.4 is 5.32 Å². The molecule has 0 aromatic heterocycles. The van der Waals surface area contributed by atoms with Gasteiger partial charge in [0, 0.05) is 46.7 Å². The molecule has 1 saturated heterocycles. The second-order valence-electron chi connectivity index (χ2n) is 19.6. The predicted octanol–water partition coefficient (Wildman–Crippen LogP) is 7.77. The topological polar surface area (TPSA) is 129 Å². The average molecular weight is 877 g/mol. The Bertz CT molecular complexity index is 1700. The summed E-state index contributed by atoms with van der Waals surface area (Å²) in [6, 6.07) is 16.4. The van der Waals surface area contributed by atoms with E-state index in [2.05, 4.69) is 76.0 Å². The zero-order chi connectivity index (χ0) is 47.1. The number of nitrogens with zero attached hydrogens (tertiary/aromatic N) is 3. The predicted molar refractivity (Wildman–Crippen MR) is 253 cm³/mol. The highest BCUT2D eigenvalue weighted by atomic mass is 16.5. The first kappa shape index (κ1) is 53.7. The number of ether oxygens (including phenoxy) is 2. The van der Waals surface area contributed by atoms with Crippen LogP contribution in [0.15, 0.2) is 54.6 Å². The monoisotopic (exact) mass is 877 g/mol. The third-order valence-electron chi connectivity index (χ3n) is 13.6. The number of rotatable bonds is 26. The third kappa shape index (κ3) is 14.9. The Morgan fingerprint density at radius 3 is 2.00 bits per heavy atom. The first-order chi connectivity index (χ1) is 29.8. The van der Waals surface area contributed by atoms with Crippen LogP contribution in [0.3, 0.4) is 0 Å². The van der Waals surface area contributed by atoms with Crippen LogP contribution in [0.5, 0.6) is 0 Å². The normalized spacial score (nSPS) is 18.8. The lowest BCUT2D eigenvalue weighted by Gasteiger charge is -2.41. The summed E-state index contributed by atoms with van der Waals surface area (Å²) in [4.78, 5) is 62.6. The molecule has 1 heterocycles. The number of amides is 3. The fraction of sp³-hybridized carbons (Fsp3) is 0.692. The molecule has 1 fully saturated rings. The lowest BCUT2D eigenvalue weighted by Crippen LogP contribution is -2.54. The number of aliphatic hydroxyl groups is 1. The number of likely N-dealkylation sites (tertiary alicyclic amines) is 1. The number of ketones is 1. The largest absolute Gasteiger partial charge is 0.386 e. The van der Waals surface area contributed by atoms with Crippen molar-refractivity contribution in [1.29, 1.82) is 0 Å². The Labute approximate surface area is 381 Å². The molecule has 11 heteroatoms. The molecule has 3 rings (SSSR count). The van der Waals surface area contributed by atoms with E-state index in [1.807, 2.05) is 56.1 Å². The van der Waals surface area contributed by atoms with E-state index >= 15 is 0 Å². The first-order valence-electron chi connectivity index (χ1n) is 23.7. The van der Waals surface area contributed by atoms with Crippen molar-refractivity contribution in [1.82, 2.24) is 20.0 Å². The Balaban J connectivity index is 1.74. The molecule has 1 aliphatic rings. The molecule has 0 spiro atoms. The molecule has 10 atom stereocenters. The summed E-state index contributed by atoms with van der Waals surface area (Å²) in [7, 11) is 6.97. The number of methoxy groups -OCH3 is 2. The summed E-state index contributed by atoms with van der Waals surface area (Å²) in [6.45, 7) is 21.6. The number of carbonyl (C=O) groups excluding carboxylic acids is 4. The summed E-state index contributed by atoms with van der Waals surface area (Å²) in [6.07, 6.45) is 2.19. The standard InChI is InChI=1S/C52H84N4O7/c1-15-36(8)48(55(12)52(61)42(34(4)5)31-44(57)47(35(6)7)54(11)29-27-39-23-25-40(26-24-39)30-33(2)3)45(62-13)32-46(58)56-28-19-22-43(56)50(63-14)37(9)51(60)53-38(10)49(59)41-20-17-16-18-21-41/h16-18,20-21,23-26,33-38,42-43,45,47-50,59H,15,19,22,27-32H2,1-14H3,(H,53,60)/t36-,37+,38+,42-,43-,45+,47-,48-,49?,50+/m0/s1. The molecule has 354 valence electrons. The van der Waals surface area contributed by atoms with Crippen LogP contribution in [0.4, 0.5) is 0 Å². The van der Waals surface area contributed by atoms with Crippen LogP contribution in [0.1, 0.15) is 124 Å². The van der Waals surface area contributed by atoms with Crippen molar-refractivity contribution in [2.24, 2.45) is 35.5 Å². The molecular weight excluding hydrogens is 793 g/mol. The van der Waals surface area contributed by atoms with Gasteiger partial charge in [-0.15, -0.1) is 0 Å². The van der Waals surface area contributed by atoms with Crippen LogP contribution in [-0.4, -0.2) is 121 Å². The summed E-state index contributed by atoms with van der Waals surface area (Å²) < 4.78 is 12.1. The van der Waals surface area contributed by atoms with Gasteiger partial charge in [0.25, 0.3) is 0 Å². The lowest BCUT2D eigenvalue weighted by molar-refractivity contribution is -0.149. The average Bonchev–Trinajstić information content (AvgIpc) is 3.74. The molecule has 0 radical (unpaired) electrons. The molecule has 0 bridgehead atoms. The molecule has 1 aliphatic heterocycles. The second kappa shape index (κ2) is 25.7. The highest BCUT2D eigenvalue weighted by molar-refractivity contribution is 5.90. The first-order valence-corrected chi connectivity index (χ1v) is 23.7. The van der Waals surface area contributed by atoms with Crippen molar-refractivity contribution in [3.05, 3.63) is 71.3 Å². The summed E-state index contributed by atoms with van der Waals surface area (Å²) in [5.41, 5.74) is 3.29. The number of Topliss-reactive ketones (excluding diaryl/α,β-unsaturated/α-hetero) is 1. The molecule has 63 heavy (non-hydrogen) atoms. The fourth-order valence-corrected chi connectivity index (χ4v) is 9.77. The number of likely N-dealkylation sites (N-methyl/N-ethyl adjacent to an activating group) is 2. The van der Waals surface area contributed by atoms with E-state index < -0.39 is 42.2 Å². The Kier molecular flexibility index (Phi) is 21.9. The van der Waals surface area contributed by atoms with Crippen molar-refractivity contribution in [2.45, 2.75) is 157 Å². The summed E-state index contributed by atoms with van der Waals surface area (Å²) in [5.74, 6) is -1.01. The SMILES string of the molecule is CC[C@H](C)[C@@H]([C@@H](CC(=O)N1CCC[C@H]1[C@H](OC)[C@@H](C)C(=O)N[C@H](C)C(O)c1ccccc1)OC)N(C)C(=O)[C@@H](CC(=O)[C@H](C(C)C)N(C)CCc1ccc(CC(C)C)cc1)C(C)C. The van der Waals surface area contributed by atoms with Crippen molar-refractivity contribution in [3.63, 3.8) is 0 Å². The minimum absolute atomic E-state index is 0.00718. The van der Waals surface area contributed by atoms with Crippen LogP contribution in [-0.2, 0) is 41.5 Å². The maximum Gasteiger partial charge on any atom is 0.226 e. The lowest BCUT2D eigenvalue weighted by atomic mass is 9.83. The van der Waals surface area contributed by atoms with Gasteiger partial charge in [0.05, 0.1) is 54.8 Å². The van der Waals surface area contributed by atoms with Crippen LogP contribution >= 0.6 is 0 Å². The number of benzene rings is 2. The minimum atomic E-state index is -0.879. The number of carbonyl (C=O) groups is 4. The van der Waals surface area contributed by atoms with Crippen molar-refractivity contribution >= 4 is 23.5 Å². The maximum absolute atomic E-state index is 14.7. The van der Waals surface area contributed by atoms with Gasteiger partial charge in [-0.05, 0) is 80.0 Å². The molecule has 0 aliphatic carbocycles. The van der Waals surface area contributed by atoms with E-state index in [-0.39, 0.29) is 66.2 Å². The van der Waals surface area contributed by atoms with E-state index in [4.69, 9.17) is 9.47 Å². The highest BCUT2D eigenvalue weighted by Gasteiger charge is 2.43. The van der Waals surface area contributed by atoms with Crippen molar-refractivity contribution < 1.29 is 33.8 Å². The molecule has 11 nitrogen and oxygen atoms in total. The van der Waals surface area contributed by atoms with Crippen molar-refractivity contribution in [2.75, 3.05) is 41.4 Å². The number of hydrogen-bond donors (Lipinski definition) is 2. The second-order valence-corrected chi connectivity index (χ2v) is 19.6. The Hall–Kier alpha value is -3.64. The minimum Gasteiger partial charge on any atom is -0.386 e. The Morgan fingerprint density at radius 1 is 0.841 bits per heavy atom. The molecule has 3 amide bonds. The van der Waals surface area contributed by atoms with Gasteiger partial charge < -0.3 is 29.7 Å². The summed E-state index contributed by atoms with van der Waals surface area (Å²) in [5, 5.41) is 13.9. The van der Waals surface area contributed by atoms with E-state index in [9.17, 15) is 24.3 Å². The van der Waals surface area contributed by atoms with Crippen LogP contribution in [0, 0.1) is 35.5 Å². The molecule has 0 saturated carbocycles. The molecular formula is C52H84N4O7. The zero-order valence-electron chi connectivity index (χ0n) is 41.3. The van der Waals surface area contributed by atoms with Crippen LogP contribution in [0.2, 0.25) is 0 Å². The zero-order valence-corrected chi connectivity index (χ0v) is 41.3. The summed E-state index contributed by atoms with van der Waals surface area (Å²) >= 11 is 0. The maximum atomic E-state index is 14.7. The van der Waals surface area contributed by atoms with Gasteiger partial charge in [0.15, 0.2) is 5.78 Å². The van der Waals surface area contributed by atoms with E-state index in [0.29, 0.717) is 24.4 Å². The molecule has 2 aromatic rings. The van der Waals surface area contributed by atoms with Gasteiger partial charge in [-0.2, -0.15) is 0 Å². The van der Waals surface area contributed by atoms with Gasteiger partial charge in [0.2, 0.25) is 17.7 Å². The number of hydrogen-bond acceptors (Lipinski definition) is 8. The van der Waals surface area contributed by atoms with Gasteiger partial charge in [-0.1, -0.05) is 123 Å². The molecule has 2 N–H and O–H groups in total. The van der Waals surface area contributed by atoms with Gasteiger partial charge in [0.1, 0.15) is 0 Å². The van der Waals surface area contributed by atoms with E-state index in [1.54, 1.807) is 40.0 Å². The fourth-order valence-electron chi connectivity index (χ4n) is 9.77. The van der Waals surface area contributed by atoms with Gasteiger partial charge >= 0.3 is 0 Å². The van der Waals surface area contributed by atoms with E-state index in [1.165, 1.54) is 11.1 Å². The molecule has 1 unspecified atom stereocenters. The highest BCUT2D eigenvalue weighted by Crippen LogP contribution is 2.31. The van der Waals surface area contributed by atoms with Gasteiger partial charge in [-0.3, -0.25) is 24.1 Å². The Morgan fingerprint density at radius 2 is 1.46 bits per heavy atom. The van der Waals surface area contributed by atoms with Crippen LogP contribution in [0.25, 0.3) is 0 Å². The third-order valence-corrected chi connectivity index (χ3v) is 13.6. The smallest absolute Gasteiger partial charge is 0.226 e. The quantitative estimate of drug-likeness (QED) is 0.0982. The van der Waals surface area contributed by atoms with Crippen molar-refractivity contribution in [3.8, 4) is 0 Å². The number of nitrogens with one attached hydrogen (secondary N) is 1. The van der Waals surface area contributed by atoms with E-state index in [0.717, 1.165) is 32.2 Å².